The zero-order chi connectivity index (χ0) is 20.2. The number of aliphatic hydroxyl groups is 3. The second kappa shape index (κ2) is 6.57. The fraction of sp³-hybridized carbons (Fsp3) is 0.286. The van der Waals surface area contributed by atoms with Crippen LogP contribution in [0.15, 0.2) is 55.1 Å². The molecule has 3 heterocycles. The normalized spacial score (nSPS) is 27.1. The molecular formula is C21H20N4O4. The molecule has 8 nitrogen and oxygen atoms in total. The van der Waals surface area contributed by atoms with Crippen LogP contribution in [0.5, 0.6) is 0 Å². The summed E-state index contributed by atoms with van der Waals surface area (Å²) in [6.07, 6.45) is -0.130. The number of fused-ring (bicyclic) bond motifs is 2. The molecule has 3 N–H and O–H groups in total. The van der Waals surface area contributed by atoms with Crippen molar-refractivity contribution in [2.45, 2.75) is 31.0 Å². The molecule has 29 heavy (non-hydrogen) atoms. The second-order valence-electron chi connectivity index (χ2n) is 7.49. The van der Waals surface area contributed by atoms with E-state index in [1.807, 2.05) is 42.5 Å². The van der Waals surface area contributed by atoms with Gasteiger partial charge >= 0.3 is 0 Å². The summed E-state index contributed by atoms with van der Waals surface area (Å²) >= 11 is 0. The standard InChI is InChI=1S/C21H20N4O4/c1-21(28)18(27)15(9-26)29-20(21)25-11-24-17-16(22-10-23-19(17)25)14-7-6-12-4-2-3-5-13(12)8-14/h2-8,10-11,15,18,20,26-28H,9H2,1H3/t15?,18?,20?,21-/m1/s1. The van der Waals surface area contributed by atoms with E-state index in [1.165, 1.54) is 19.6 Å². The third-order valence-electron chi connectivity index (χ3n) is 5.57. The fourth-order valence-corrected chi connectivity index (χ4v) is 3.96. The Balaban J connectivity index is 1.63. The summed E-state index contributed by atoms with van der Waals surface area (Å²) < 4.78 is 7.28. The van der Waals surface area contributed by atoms with Gasteiger partial charge in [0, 0.05) is 5.56 Å². The summed E-state index contributed by atoms with van der Waals surface area (Å²) in [7, 11) is 0. The van der Waals surface area contributed by atoms with Gasteiger partial charge in [-0.25, -0.2) is 15.0 Å². The van der Waals surface area contributed by atoms with Gasteiger partial charge in [0.05, 0.1) is 12.9 Å². The SMILES string of the molecule is C[C@@]1(O)C(O)C(CO)OC1n1cnc2c(-c3ccc4ccccc4c3)ncnc21. The first-order chi connectivity index (χ1) is 14.0. The van der Waals surface area contributed by atoms with Gasteiger partial charge in [0.2, 0.25) is 0 Å². The summed E-state index contributed by atoms with van der Waals surface area (Å²) in [5.74, 6) is 0. The highest BCUT2D eigenvalue weighted by Gasteiger charge is 2.53. The van der Waals surface area contributed by atoms with Crippen molar-refractivity contribution in [1.82, 2.24) is 19.5 Å². The highest BCUT2D eigenvalue weighted by molar-refractivity contribution is 5.92. The smallest absolute Gasteiger partial charge is 0.168 e. The fourth-order valence-electron chi connectivity index (χ4n) is 3.96. The molecule has 3 unspecified atom stereocenters. The molecule has 5 rings (SSSR count). The molecule has 1 saturated heterocycles. The van der Waals surface area contributed by atoms with Gasteiger partial charge in [-0.2, -0.15) is 0 Å². The van der Waals surface area contributed by atoms with Crippen LogP contribution in [0.4, 0.5) is 0 Å². The van der Waals surface area contributed by atoms with E-state index in [-0.39, 0.29) is 0 Å². The lowest BCUT2D eigenvalue weighted by Crippen LogP contribution is -2.44. The third-order valence-corrected chi connectivity index (χ3v) is 5.57. The van der Waals surface area contributed by atoms with Crippen molar-refractivity contribution in [3.63, 3.8) is 0 Å². The Kier molecular flexibility index (Phi) is 4.11. The molecule has 4 aromatic rings. The average Bonchev–Trinajstić information content (AvgIpc) is 3.26. The van der Waals surface area contributed by atoms with Gasteiger partial charge in [-0.3, -0.25) is 4.57 Å². The van der Waals surface area contributed by atoms with E-state index < -0.39 is 30.6 Å². The zero-order valence-corrected chi connectivity index (χ0v) is 15.7. The van der Waals surface area contributed by atoms with Gasteiger partial charge in [-0.15, -0.1) is 0 Å². The minimum atomic E-state index is -1.62. The number of hydrogen-bond acceptors (Lipinski definition) is 7. The maximum Gasteiger partial charge on any atom is 0.168 e. The van der Waals surface area contributed by atoms with E-state index in [4.69, 9.17) is 4.74 Å². The van der Waals surface area contributed by atoms with Crippen LogP contribution in [0.25, 0.3) is 33.2 Å². The molecule has 1 aliphatic heterocycles. The van der Waals surface area contributed by atoms with Gasteiger partial charge < -0.3 is 20.1 Å². The predicted molar refractivity (Wildman–Crippen MR) is 106 cm³/mol. The van der Waals surface area contributed by atoms with Crippen LogP contribution in [0, 0.1) is 0 Å². The quantitative estimate of drug-likeness (QED) is 0.486. The largest absolute Gasteiger partial charge is 0.394 e. The molecule has 0 saturated carbocycles. The van der Waals surface area contributed by atoms with Crippen LogP contribution < -0.4 is 0 Å². The average molecular weight is 392 g/mol. The first-order valence-corrected chi connectivity index (χ1v) is 9.34. The topological polar surface area (TPSA) is 114 Å². The Morgan fingerprint density at radius 1 is 1.10 bits per heavy atom. The van der Waals surface area contributed by atoms with Crippen molar-refractivity contribution < 1.29 is 20.1 Å². The van der Waals surface area contributed by atoms with Crippen LogP contribution in [0.3, 0.4) is 0 Å². The lowest BCUT2D eigenvalue weighted by atomic mass is 9.96. The van der Waals surface area contributed by atoms with Gasteiger partial charge in [-0.1, -0.05) is 36.4 Å². The number of rotatable bonds is 3. The van der Waals surface area contributed by atoms with E-state index in [9.17, 15) is 15.3 Å². The van der Waals surface area contributed by atoms with E-state index in [0.29, 0.717) is 16.9 Å². The summed E-state index contributed by atoms with van der Waals surface area (Å²) in [6, 6.07) is 14.1. The zero-order valence-electron chi connectivity index (χ0n) is 15.7. The number of imidazole rings is 1. The number of hydrogen-bond donors (Lipinski definition) is 3. The van der Waals surface area contributed by atoms with E-state index in [0.717, 1.165) is 16.3 Å². The number of nitrogens with zero attached hydrogens (tertiary/aromatic N) is 4. The highest BCUT2D eigenvalue weighted by Crippen LogP contribution is 2.40. The maximum atomic E-state index is 10.8. The van der Waals surface area contributed by atoms with Crippen LogP contribution in [-0.4, -0.2) is 59.3 Å². The molecule has 2 aromatic carbocycles. The van der Waals surface area contributed by atoms with Gasteiger partial charge in [-0.05, 0) is 23.8 Å². The molecule has 148 valence electrons. The van der Waals surface area contributed by atoms with Crippen LogP contribution in [0.1, 0.15) is 13.2 Å². The lowest BCUT2D eigenvalue weighted by Gasteiger charge is -2.27. The monoisotopic (exact) mass is 392 g/mol. The van der Waals surface area contributed by atoms with Crippen molar-refractivity contribution in [2.24, 2.45) is 0 Å². The number of aromatic nitrogens is 4. The Labute approximate surface area is 166 Å². The molecular weight excluding hydrogens is 372 g/mol. The summed E-state index contributed by atoms with van der Waals surface area (Å²) in [6.45, 7) is 1.06. The van der Waals surface area contributed by atoms with E-state index in [2.05, 4.69) is 15.0 Å². The molecule has 0 spiro atoms. The number of ether oxygens (including phenoxy) is 1. The summed E-state index contributed by atoms with van der Waals surface area (Å²) in [5, 5.41) is 32.7. The van der Waals surface area contributed by atoms with Crippen molar-refractivity contribution in [3.8, 4) is 11.3 Å². The van der Waals surface area contributed by atoms with Crippen LogP contribution >= 0.6 is 0 Å². The Bertz CT molecular complexity index is 1210. The molecule has 1 fully saturated rings. The molecule has 0 radical (unpaired) electrons. The first kappa shape index (κ1) is 18.1. The lowest BCUT2D eigenvalue weighted by molar-refractivity contribution is -0.0950. The molecule has 0 bridgehead atoms. The van der Waals surface area contributed by atoms with E-state index in [1.54, 1.807) is 4.57 Å². The molecule has 2 aromatic heterocycles. The minimum absolute atomic E-state index is 0.405. The van der Waals surface area contributed by atoms with Crippen LogP contribution in [-0.2, 0) is 4.74 Å². The summed E-state index contributed by atoms with van der Waals surface area (Å²) in [5.41, 5.74) is 0.975. The Hall–Kier alpha value is -2.91. The summed E-state index contributed by atoms with van der Waals surface area (Å²) in [4.78, 5) is 13.2. The highest BCUT2D eigenvalue weighted by atomic mass is 16.6. The molecule has 8 heteroatoms. The first-order valence-electron chi connectivity index (χ1n) is 9.34. The molecule has 0 aliphatic carbocycles. The number of benzene rings is 2. The van der Waals surface area contributed by atoms with Gasteiger partial charge in [0.15, 0.2) is 11.9 Å². The van der Waals surface area contributed by atoms with E-state index >= 15 is 0 Å². The minimum Gasteiger partial charge on any atom is -0.394 e. The number of aliphatic hydroxyl groups excluding tert-OH is 2. The van der Waals surface area contributed by atoms with Gasteiger partial charge in [0.1, 0.15) is 35.3 Å². The van der Waals surface area contributed by atoms with Crippen molar-refractivity contribution in [1.29, 1.82) is 0 Å². The van der Waals surface area contributed by atoms with Gasteiger partial charge in [0.25, 0.3) is 0 Å². The second-order valence-corrected chi connectivity index (χ2v) is 7.49. The van der Waals surface area contributed by atoms with Crippen molar-refractivity contribution in [2.75, 3.05) is 6.61 Å². The van der Waals surface area contributed by atoms with Crippen molar-refractivity contribution in [3.05, 3.63) is 55.1 Å². The third kappa shape index (κ3) is 2.72. The maximum absolute atomic E-state index is 10.8. The molecule has 1 aliphatic rings. The Morgan fingerprint density at radius 2 is 1.90 bits per heavy atom. The predicted octanol–water partition coefficient (Wildman–Crippen LogP) is 1.65. The van der Waals surface area contributed by atoms with Crippen LogP contribution in [0.2, 0.25) is 0 Å². The van der Waals surface area contributed by atoms with Crippen molar-refractivity contribution >= 4 is 21.9 Å². The molecule has 0 amide bonds. The molecule has 4 atom stereocenters. The Morgan fingerprint density at radius 3 is 2.66 bits per heavy atom.